The van der Waals surface area contributed by atoms with Crippen LogP contribution in [0.5, 0.6) is 11.6 Å². The third kappa shape index (κ3) is 11.0. The van der Waals surface area contributed by atoms with Crippen LogP contribution in [0.4, 0.5) is 0 Å². The molecule has 0 atom stereocenters. The Hall–Kier alpha value is -1.59. The van der Waals surface area contributed by atoms with Gasteiger partial charge < -0.3 is 14.8 Å². The molecule has 3 N–H and O–H groups in total. The van der Waals surface area contributed by atoms with Crippen molar-refractivity contribution >= 4 is 33.9 Å². The molecule has 0 fully saturated rings. The Labute approximate surface area is 165 Å². The van der Waals surface area contributed by atoms with Crippen LogP contribution in [0.25, 0.3) is 10.9 Å². The lowest BCUT2D eigenvalue weighted by atomic mass is 10.2. The van der Waals surface area contributed by atoms with Gasteiger partial charge in [-0.1, -0.05) is 12.1 Å². The molecular formula is C17H26N2O6S2. The van der Waals surface area contributed by atoms with E-state index in [1.54, 1.807) is 7.11 Å². The minimum absolute atomic E-state index is 0.628. The highest BCUT2D eigenvalue weighted by atomic mass is 32.3. The first kappa shape index (κ1) is 23.4. The van der Waals surface area contributed by atoms with Crippen LogP contribution in [0.15, 0.2) is 30.3 Å². The Morgan fingerprint density at radius 1 is 1.15 bits per heavy atom. The van der Waals surface area contributed by atoms with Crippen LogP contribution in [0.2, 0.25) is 0 Å². The highest BCUT2D eigenvalue weighted by Crippen LogP contribution is 2.28. The molecule has 10 heteroatoms. The SMILES string of the molecule is COc1cc(OCCCCCNCCS)nc2ccccc12.O=S(=O)(O)O. The second-order valence-electron chi connectivity index (χ2n) is 5.51. The number of nitrogens with one attached hydrogen (secondary N) is 1. The van der Waals surface area contributed by atoms with Gasteiger partial charge in [0, 0.05) is 23.8 Å². The second-order valence-corrected chi connectivity index (χ2v) is 6.85. The van der Waals surface area contributed by atoms with Crippen LogP contribution in [-0.2, 0) is 10.4 Å². The first-order chi connectivity index (χ1) is 12.8. The lowest BCUT2D eigenvalue weighted by molar-refractivity contribution is 0.293. The van der Waals surface area contributed by atoms with E-state index in [0.717, 1.165) is 54.8 Å². The lowest BCUT2D eigenvalue weighted by Gasteiger charge is -2.10. The summed E-state index contributed by atoms with van der Waals surface area (Å²) in [6.07, 6.45) is 3.33. The van der Waals surface area contributed by atoms with Crippen LogP contribution in [0, 0.1) is 0 Å². The highest BCUT2D eigenvalue weighted by Gasteiger charge is 2.06. The fourth-order valence-electron chi connectivity index (χ4n) is 2.27. The number of aromatic nitrogens is 1. The summed E-state index contributed by atoms with van der Waals surface area (Å²) in [6, 6.07) is 9.78. The van der Waals surface area contributed by atoms with Gasteiger partial charge in [-0.3, -0.25) is 9.11 Å². The molecule has 0 aliphatic rings. The summed E-state index contributed by atoms with van der Waals surface area (Å²) in [4.78, 5) is 4.52. The van der Waals surface area contributed by atoms with Gasteiger partial charge in [0.2, 0.25) is 5.88 Å². The molecule has 8 nitrogen and oxygen atoms in total. The quantitative estimate of drug-likeness (QED) is 0.264. The Morgan fingerprint density at radius 3 is 2.52 bits per heavy atom. The van der Waals surface area contributed by atoms with Crippen molar-refractivity contribution in [1.29, 1.82) is 0 Å². The van der Waals surface area contributed by atoms with E-state index < -0.39 is 10.4 Å². The maximum atomic E-state index is 8.74. The summed E-state index contributed by atoms with van der Waals surface area (Å²) in [5.41, 5.74) is 0.896. The van der Waals surface area contributed by atoms with Crippen LogP contribution in [0.3, 0.4) is 0 Å². The standard InChI is InChI=1S/C17H24N2O2S.H2O4S/c1-20-16-13-17(19-15-8-4-3-7-14(15)16)21-11-6-2-5-9-18-10-12-22;1-5(2,3)4/h3-4,7-8,13,18,22H,2,5-6,9-12H2,1H3;(H2,1,2,3,4). The normalized spacial score (nSPS) is 11.0. The van der Waals surface area contributed by atoms with Gasteiger partial charge >= 0.3 is 10.4 Å². The van der Waals surface area contributed by atoms with Crippen molar-refractivity contribution in [3.63, 3.8) is 0 Å². The van der Waals surface area contributed by atoms with Crippen LogP contribution < -0.4 is 14.8 Å². The third-order valence-electron chi connectivity index (χ3n) is 3.41. The largest absolute Gasteiger partial charge is 0.496 e. The zero-order valence-corrected chi connectivity index (χ0v) is 16.9. The minimum Gasteiger partial charge on any atom is -0.496 e. The van der Waals surface area contributed by atoms with Crippen LogP contribution >= 0.6 is 12.6 Å². The zero-order chi connectivity index (χ0) is 20.1. The Kier molecular flexibility index (Phi) is 11.1. The van der Waals surface area contributed by atoms with Gasteiger partial charge in [0.1, 0.15) is 5.75 Å². The van der Waals surface area contributed by atoms with E-state index in [0.29, 0.717) is 12.5 Å². The fraction of sp³-hybridized carbons (Fsp3) is 0.471. The van der Waals surface area contributed by atoms with Gasteiger partial charge in [0.25, 0.3) is 0 Å². The molecule has 0 unspecified atom stereocenters. The molecule has 1 aromatic carbocycles. The van der Waals surface area contributed by atoms with Gasteiger partial charge in [-0.25, -0.2) is 4.98 Å². The van der Waals surface area contributed by atoms with E-state index in [1.165, 1.54) is 0 Å². The van der Waals surface area contributed by atoms with E-state index in [9.17, 15) is 0 Å². The summed E-state index contributed by atoms with van der Waals surface area (Å²) in [5, 5.41) is 4.34. The molecule has 0 bridgehead atoms. The Balaban J connectivity index is 0.000000646. The van der Waals surface area contributed by atoms with E-state index in [2.05, 4.69) is 22.9 Å². The molecule has 1 heterocycles. The maximum absolute atomic E-state index is 8.74. The summed E-state index contributed by atoms with van der Waals surface area (Å²) in [6.45, 7) is 2.70. The number of methoxy groups -OCH3 is 1. The number of nitrogens with zero attached hydrogens (tertiary/aromatic N) is 1. The summed E-state index contributed by atoms with van der Waals surface area (Å²) < 4.78 is 42.8. The van der Waals surface area contributed by atoms with Crippen molar-refractivity contribution in [2.24, 2.45) is 0 Å². The molecule has 27 heavy (non-hydrogen) atoms. The molecule has 0 aliphatic heterocycles. The van der Waals surface area contributed by atoms with Gasteiger partial charge in [-0.05, 0) is 37.9 Å². The number of hydrogen-bond donors (Lipinski definition) is 4. The number of hydrogen-bond acceptors (Lipinski definition) is 7. The van der Waals surface area contributed by atoms with Gasteiger partial charge in [-0.15, -0.1) is 0 Å². The summed E-state index contributed by atoms with van der Waals surface area (Å²) in [5.74, 6) is 2.32. The molecule has 0 spiro atoms. The smallest absolute Gasteiger partial charge is 0.394 e. The number of pyridine rings is 1. The maximum Gasteiger partial charge on any atom is 0.394 e. The number of rotatable bonds is 10. The highest BCUT2D eigenvalue weighted by molar-refractivity contribution is 7.80. The first-order valence-corrected chi connectivity index (χ1v) is 10.5. The molecule has 2 aromatic rings. The number of thiol groups is 1. The topological polar surface area (TPSA) is 118 Å². The molecule has 0 saturated carbocycles. The van der Waals surface area contributed by atoms with Gasteiger partial charge in [-0.2, -0.15) is 21.0 Å². The number of para-hydroxylation sites is 1. The zero-order valence-electron chi connectivity index (χ0n) is 15.2. The van der Waals surface area contributed by atoms with E-state index in [4.69, 9.17) is 27.0 Å². The number of fused-ring (bicyclic) bond motifs is 1. The van der Waals surface area contributed by atoms with Crippen molar-refractivity contribution in [2.75, 3.05) is 32.6 Å². The van der Waals surface area contributed by atoms with E-state index in [-0.39, 0.29) is 0 Å². The Bertz CT molecular complexity index is 778. The Morgan fingerprint density at radius 2 is 1.85 bits per heavy atom. The van der Waals surface area contributed by atoms with Crippen molar-refractivity contribution in [3.05, 3.63) is 30.3 Å². The monoisotopic (exact) mass is 418 g/mol. The van der Waals surface area contributed by atoms with E-state index in [1.807, 2.05) is 30.3 Å². The average molecular weight is 419 g/mol. The first-order valence-electron chi connectivity index (χ1n) is 8.43. The number of unbranched alkanes of at least 4 members (excludes halogenated alkanes) is 2. The molecule has 1 aromatic heterocycles. The van der Waals surface area contributed by atoms with Crippen molar-refractivity contribution in [2.45, 2.75) is 19.3 Å². The average Bonchev–Trinajstić information content (AvgIpc) is 2.62. The predicted octanol–water partition coefficient (Wildman–Crippen LogP) is 2.66. The molecule has 0 aliphatic carbocycles. The van der Waals surface area contributed by atoms with Crippen molar-refractivity contribution in [1.82, 2.24) is 10.3 Å². The van der Waals surface area contributed by atoms with E-state index >= 15 is 0 Å². The predicted molar refractivity (Wildman–Crippen MR) is 109 cm³/mol. The van der Waals surface area contributed by atoms with Gasteiger partial charge in [0.05, 0.1) is 19.2 Å². The van der Waals surface area contributed by atoms with Gasteiger partial charge in [0.15, 0.2) is 0 Å². The molecule has 0 amide bonds. The number of ether oxygens (including phenoxy) is 2. The molecule has 0 saturated heterocycles. The second kappa shape index (κ2) is 12.7. The minimum atomic E-state index is -4.67. The molecular weight excluding hydrogens is 392 g/mol. The summed E-state index contributed by atoms with van der Waals surface area (Å²) in [7, 11) is -3.00. The van der Waals surface area contributed by atoms with Crippen LogP contribution in [0.1, 0.15) is 19.3 Å². The van der Waals surface area contributed by atoms with Crippen LogP contribution in [-0.4, -0.2) is 55.1 Å². The third-order valence-corrected chi connectivity index (χ3v) is 3.63. The molecule has 0 radical (unpaired) electrons. The lowest BCUT2D eigenvalue weighted by Crippen LogP contribution is -2.17. The van der Waals surface area contributed by atoms with Crippen molar-refractivity contribution < 1.29 is 27.0 Å². The molecule has 152 valence electrons. The van der Waals surface area contributed by atoms with Crippen molar-refractivity contribution in [3.8, 4) is 11.6 Å². The fourth-order valence-corrected chi connectivity index (χ4v) is 2.43. The summed E-state index contributed by atoms with van der Waals surface area (Å²) >= 11 is 4.16. The number of benzene rings is 1. The molecule has 2 rings (SSSR count).